The van der Waals surface area contributed by atoms with Gasteiger partial charge in [0.15, 0.2) is 0 Å². The molecule has 0 amide bonds. The molecule has 2 heterocycles. The van der Waals surface area contributed by atoms with E-state index >= 15 is 0 Å². The summed E-state index contributed by atoms with van der Waals surface area (Å²) in [5.74, 6) is 0. The number of nitrogens with one attached hydrogen (secondary N) is 1. The number of aliphatic hydroxyl groups excluding tert-OH is 1. The Morgan fingerprint density at radius 2 is 2.00 bits per heavy atom. The molecule has 3 rings (SSSR count). The first-order chi connectivity index (χ1) is 11.2. The summed E-state index contributed by atoms with van der Waals surface area (Å²) < 4.78 is 0. The molecule has 23 heavy (non-hydrogen) atoms. The summed E-state index contributed by atoms with van der Waals surface area (Å²) in [5.41, 5.74) is 3.36. The lowest BCUT2D eigenvalue weighted by atomic mass is 10.0. The van der Waals surface area contributed by atoms with Crippen molar-refractivity contribution in [2.45, 2.75) is 32.0 Å². The number of aromatic nitrogens is 1. The van der Waals surface area contributed by atoms with Gasteiger partial charge in [-0.05, 0) is 30.4 Å². The standard InChI is InChI=1S/C18H20N2OS2/c1-13(17(21)9-14-5-3-2-4-6-14)19-10-16-12-23-18(20-16)15-7-8-22-11-15/h2-8,11-13,17,19,21H,9-10H2,1H3. The van der Waals surface area contributed by atoms with E-state index in [1.54, 1.807) is 22.7 Å². The molecule has 0 fully saturated rings. The molecular formula is C18H20N2OS2. The minimum Gasteiger partial charge on any atom is -0.391 e. The molecule has 0 aliphatic heterocycles. The number of nitrogens with zero attached hydrogens (tertiary/aromatic N) is 1. The predicted molar refractivity (Wildman–Crippen MR) is 97.9 cm³/mol. The highest BCUT2D eigenvalue weighted by molar-refractivity contribution is 7.14. The van der Waals surface area contributed by atoms with E-state index in [4.69, 9.17) is 0 Å². The number of hydrogen-bond acceptors (Lipinski definition) is 5. The maximum absolute atomic E-state index is 10.3. The molecule has 3 aromatic rings. The van der Waals surface area contributed by atoms with Gasteiger partial charge in [0.05, 0.1) is 11.8 Å². The lowest BCUT2D eigenvalue weighted by molar-refractivity contribution is 0.134. The van der Waals surface area contributed by atoms with Gasteiger partial charge in [-0.1, -0.05) is 30.3 Å². The van der Waals surface area contributed by atoms with Crippen molar-refractivity contribution in [2.75, 3.05) is 0 Å². The number of aliphatic hydroxyl groups is 1. The molecule has 2 atom stereocenters. The van der Waals surface area contributed by atoms with Crippen molar-refractivity contribution in [3.63, 3.8) is 0 Å². The Labute approximate surface area is 144 Å². The van der Waals surface area contributed by atoms with Crippen LogP contribution in [0.15, 0.2) is 52.5 Å². The van der Waals surface area contributed by atoms with Crippen LogP contribution in [0.4, 0.5) is 0 Å². The summed E-state index contributed by atoms with van der Waals surface area (Å²) in [6, 6.07) is 12.2. The average Bonchev–Trinajstić information content (AvgIpc) is 3.24. The Morgan fingerprint density at radius 3 is 2.74 bits per heavy atom. The van der Waals surface area contributed by atoms with E-state index in [1.165, 1.54) is 5.56 Å². The maximum atomic E-state index is 10.3. The second-order valence-electron chi connectivity index (χ2n) is 5.58. The second-order valence-corrected chi connectivity index (χ2v) is 7.22. The number of benzene rings is 1. The van der Waals surface area contributed by atoms with Gasteiger partial charge in [0.2, 0.25) is 0 Å². The summed E-state index contributed by atoms with van der Waals surface area (Å²) in [6.45, 7) is 2.69. The highest BCUT2D eigenvalue weighted by Gasteiger charge is 2.15. The van der Waals surface area contributed by atoms with Gasteiger partial charge in [-0.3, -0.25) is 0 Å². The van der Waals surface area contributed by atoms with Crippen molar-refractivity contribution in [3.05, 3.63) is 63.8 Å². The number of thiazole rings is 1. The molecule has 0 spiro atoms. The van der Waals surface area contributed by atoms with Gasteiger partial charge >= 0.3 is 0 Å². The van der Waals surface area contributed by atoms with Crippen LogP contribution >= 0.6 is 22.7 Å². The smallest absolute Gasteiger partial charge is 0.124 e. The van der Waals surface area contributed by atoms with Gasteiger partial charge in [-0.15, -0.1) is 11.3 Å². The summed E-state index contributed by atoms with van der Waals surface area (Å²) in [7, 11) is 0. The first-order valence-electron chi connectivity index (χ1n) is 7.64. The molecule has 3 nitrogen and oxygen atoms in total. The van der Waals surface area contributed by atoms with E-state index in [9.17, 15) is 5.11 Å². The van der Waals surface area contributed by atoms with E-state index < -0.39 is 6.10 Å². The van der Waals surface area contributed by atoms with Crippen LogP contribution in [-0.2, 0) is 13.0 Å². The van der Waals surface area contributed by atoms with Gasteiger partial charge < -0.3 is 10.4 Å². The quantitative estimate of drug-likeness (QED) is 0.682. The van der Waals surface area contributed by atoms with Crippen molar-refractivity contribution in [3.8, 4) is 10.6 Å². The summed E-state index contributed by atoms with van der Waals surface area (Å²) in [5, 5.41) is 21.0. The Morgan fingerprint density at radius 1 is 1.17 bits per heavy atom. The van der Waals surface area contributed by atoms with Crippen molar-refractivity contribution in [1.82, 2.24) is 10.3 Å². The molecule has 0 bridgehead atoms. The van der Waals surface area contributed by atoms with Crippen LogP contribution in [0, 0.1) is 0 Å². The van der Waals surface area contributed by atoms with Crippen LogP contribution in [0.3, 0.4) is 0 Å². The summed E-state index contributed by atoms with van der Waals surface area (Å²) >= 11 is 3.35. The lowest BCUT2D eigenvalue weighted by Gasteiger charge is -2.20. The van der Waals surface area contributed by atoms with Crippen LogP contribution < -0.4 is 5.32 Å². The molecule has 2 aromatic heterocycles. The first-order valence-corrected chi connectivity index (χ1v) is 9.47. The third-order valence-corrected chi connectivity index (χ3v) is 5.41. The molecule has 5 heteroatoms. The van der Waals surface area contributed by atoms with Gasteiger partial charge in [-0.2, -0.15) is 11.3 Å². The van der Waals surface area contributed by atoms with E-state index in [0.717, 1.165) is 16.3 Å². The zero-order valence-electron chi connectivity index (χ0n) is 13.0. The number of hydrogen-bond donors (Lipinski definition) is 2. The van der Waals surface area contributed by atoms with Gasteiger partial charge in [0.25, 0.3) is 0 Å². The van der Waals surface area contributed by atoms with Crippen molar-refractivity contribution < 1.29 is 5.11 Å². The fourth-order valence-corrected chi connectivity index (χ4v) is 3.87. The maximum Gasteiger partial charge on any atom is 0.124 e. The number of rotatable bonds is 7. The topological polar surface area (TPSA) is 45.2 Å². The third kappa shape index (κ3) is 4.48. The highest BCUT2D eigenvalue weighted by atomic mass is 32.1. The van der Waals surface area contributed by atoms with Crippen LogP contribution in [0.25, 0.3) is 10.6 Å². The van der Waals surface area contributed by atoms with Gasteiger partial charge in [-0.25, -0.2) is 4.98 Å². The molecule has 0 radical (unpaired) electrons. The molecule has 0 saturated heterocycles. The van der Waals surface area contributed by atoms with E-state index in [0.29, 0.717) is 13.0 Å². The Hall–Kier alpha value is -1.53. The molecule has 0 aliphatic carbocycles. The van der Waals surface area contributed by atoms with Crippen molar-refractivity contribution in [1.29, 1.82) is 0 Å². The Kier molecular flexibility index (Phi) is 5.56. The number of thiophene rings is 1. The molecule has 2 N–H and O–H groups in total. The fraction of sp³-hybridized carbons (Fsp3) is 0.278. The van der Waals surface area contributed by atoms with Crippen molar-refractivity contribution in [2.24, 2.45) is 0 Å². The normalized spacial score (nSPS) is 13.8. The SMILES string of the molecule is CC(NCc1csc(-c2ccsc2)n1)C(O)Cc1ccccc1. The summed E-state index contributed by atoms with van der Waals surface area (Å²) in [4.78, 5) is 4.65. The Bertz CT molecular complexity index is 710. The van der Waals surface area contributed by atoms with Gasteiger partial charge in [0, 0.05) is 28.9 Å². The molecule has 1 aromatic carbocycles. The minimum atomic E-state index is -0.410. The molecular weight excluding hydrogens is 324 g/mol. The van der Waals surface area contributed by atoms with Gasteiger partial charge in [0.1, 0.15) is 5.01 Å². The molecule has 120 valence electrons. The highest BCUT2D eigenvalue weighted by Crippen LogP contribution is 2.25. The average molecular weight is 345 g/mol. The van der Waals surface area contributed by atoms with E-state index in [1.807, 2.05) is 37.3 Å². The van der Waals surface area contributed by atoms with Crippen LogP contribution in [0.2, 0.25) is 0 Å². The largest absolute Gasteiger partial charge is 0.391 e. The summed E-state index contributed by atoms with van der Waals surface area (Å²) in [6.07, 6.45) is 0.249. The molecule has 0 aliphatic rings. The van der Waals surface area contributed by atoms with Crippen LogP contribution in [-0.4, -0.2) is 22.2 Å². The Balaban J connectivity index is 1.51. The molecule has 0 saturated carbocycles. The first kappa shape index (κ1) is 16.3. The van der Waals surface area contributed by atoms with E-state index in [2.05, 4.69) is 32.5 Å². The zero-order valence-corrected chi connectivity index (χ0v) is 14.6. The second kappa shape index (κ2) is 7.84. The third-order valence-electron chi connectivity index (χ3n) is 3.79. The minimum absolute atomic E-state index is 0.0153. The van der Waals surface area contributed by atoms with E-state index in [-0.39, 0.29) is 6.04 Å². The van der Waals surface area contributed by atoms with Crippen LogP contribution in [0.5, 0.6) is 0 Å². The zero-order chi connectivity index (χ0) is 16.1. The molecule has 2 unspecified atom stereocenters. The monoisotopic (exact) mass is 344 g/mol. The van der Waals surface area contributed by atoms with Crippen LogP contribution in [0.1, 0.15) is 18.2 Å². The van der Waals surface area contributed by atoms with Crippen molar-refractivity contribution >= 4 is 22.7 Å². The fourth-order valence-electron chi connectivity index (χ4n) is 2.34. The predicted octanol–water partition coefficient (Wildman–Crippen LogP) is 3.95. The lowest BCUT2D eigenvalue weighted by Crippen LogP contribution is -2.38.